The number of amides is 1. The third-order valence-electron chi connectivity index (χ3n) is 5.32. The Hall–Kier alpha value is -2.84. The van der Waals surface area contributed by atoms with Crippen molar-refractivity contribution >= 4 is 33.4 Å². The predicted octanol–water partition coefficient (Wildman–Crippen LogP) is 4.23. The van der Waals surface area contributed by atoms with Gasteiger partial charge in [0, 0.05) is 18.7 Å². The summed E-state index contributed by atoms with van der Waals surface area (Å²) in [5, 5.41) is 11.2. The number of likely N-dealkylation sites (N-methyl/N-ethyl adjacent to an activating group) is 1. The number of aliphatic hydroxyl groups excluding tert-OH is 1. The average molecular weight is 517 g/mol. The Labute approximate surface area is 202 Å². The molecular weight excluding hydrogens is 488 g/mol. The Bertz CT molecular complexity index is 1060. The minimum absolute atomic E-state index is 0.0232. The molecule has 0 aliphatic carbocycles. The lowest BCUT2D eigenvalue weighted by Crippen LogP contribution is -2.35. The van der Waals surface area contributed by atoms with Crippen molar-refractivity contribution in [2.24, 2.45) is 0 Å². The first-order chi connectivity index (χ1) is 15.6. The molecular formula is C25H29BrN2O5. The topological polar surface area (TPSA) is 79.3 Å². The Morgan fingerprint density at radius 1 is 1.15 bits per heavy atom. The van der Waals surface area contributed by atoms with Gasteiger partial charge in [0.1, 0.15) is 17.3 Å². The second-order valence-electron chi connectivity index (χ2n) is 8.38. The molecule has 1 saturated heterocycles. The summed E-state index contributed by atoms with van der Waals surface area (Å²) in [5.41, 5.74) is 1.20. The lowest BCUT2D eigenvalue weighted by Gasteiger charge is -2.26. The minimum atomic E-state index is -0.709. The highest BCUT2D eigenvalue weighted by atomic mass is 79.9. The molecule has 0 spiro atoms. The van der Waals surface area contributed by atoms with Crippen molar-refractivity contribution < 1.29 is 24.2 Å². The normalized spacial score (nSPS) is 17.8. The summed E-state index contributed by atoms with van der Waals surface area (Å²) >= 11 is 3.41. The average Bonchev–Trinajstić information content (AvgIpc) is 3.02. The van der Waals surface area contributed by atoms with Crippen LogP contribution in [0.5, 0.6) is 11.5 Å². The number of likely N-dealkylation sites (tertiary alicyclic amines) is 1. The fourth-order valence-electron chi connectivity index (χ4n) is 3.73. The molecule has 0 bridgehead atoms. The van der Waals surface area contributed by atoms with Crippen molar-refractivity contribution in [3.63, 3.8) is 0 Å². The lowest BCUT2D eigenvalue weighted by molar-refractivity contribution is -0.140. The quantitative estimate of drug-likeness (QED) is 0.321. The summed E-state index contributed by atoms with van der Waals surface area (Å²) in [6.07, 6.45) is 0.0232. The molecule has 0 saturated carbocycles. The van der Waals surface area contributed by atoms with E-state index in [0.717, 1.165) is 5.56 Å². The molecule has 176 valence electrons. The third-order valence-corrected chi connectivity index (χ3v) is 5.94. The zero-order valence-electron chi connectivity index (χ0n) is 19.5. The number of rotatable bonds is 8. The van der Waals surface area contributed by atoms with Crippen LogP contribution in [0.15, 0.2) is 52.5 Å². The molecule has 1 N–H and O–H groups in total. The van der Waals surface area contributed by atoms with Crippen LogP contribution >= 0.6 is 15.9 Å². The van der Waals surface area contributed by atoms with E-state index < -0.39 is 17.7 Å². The SMILES string of the molecule is COc1ccc(/C(O)=C2/C(=O)C(=O)N(CCN(C)C)C2c2ccc(OC(C)C)cc2)cc1Br. The Kier molecular flexibility index (Phi) is 7.81. The van der Waals surface area contributed by atoms with Gasteiger partial charge in [-0.2, -0.15) is 0 Å². The van der Waals surface area contributed by atoms with Crippen LogP contribution in [-0.2, 0) is 9.59 Å². The second-order valence-corrected chi connectivity index (χ2v) is 9.24. The summed E-state index contributed by atoms with van der Waals surface area (Å²) in [4.78, 5) is 29.5. The minimum Gasteiger partial charge on any atom is -0.507 e. The maximum Gasteiger partial charge on any atom is 0.295 e. The number of ether oxygens (including phenoxy) is 2. The van der Waals surface area contributed by atoms with E-state index in [1.807, 2.05) is 57.1 Å². The summed E-state index contributed by atoms with van der Waals surface area (Å²) in [6.45, 7) is 4.80. The highest BCUT2D eigenvalue weighted by Gasteiger charge is 2.45. The molecule has 0 radical (unpaired) electrons. The highest BCUT2D eigenvalue weighted by Crippen LogP contribution is 2.40. The van der Waals surface area contributed by atoms with E-state index in [9.17, 15) is 14.7 Å². The van der Waals surface area contributed by atoms with Gasteiger partial charge in [-0.1, -0.05) is 12.1 Å². The molecule has 0 aromatic heterocycles. The van der Waals surface area contributed by atoms with E-state index in [-0.39, 0.29) is 17.4 Å². The molecule has 1 amide bonds. The van der Waals surface area contributed by atoms with E-state index in [1.54, 1.807) is 25.3 Å². The van der Waals surface area contributed by atoms with Crippen molar-refractivity contribution in [1.29, 1.82) is 0 Å². The number of hydrogen-bond donors (Lipinski definition) is 1. The number of Topliss-reactive ketones (excluding diaryl/α,β-unsaturated/α-hetero) is 1. The number of ketones is 1. The molecule has 2 aromatic carbocycles. The van der Waals surface area contributed by atoms with Crippen LogP contribution < -0.4 is 9.47 Å². The van der Waals surface area contributed by atoms with Gasteiger partial charge in [-0.05, 0) is 79.8 Å². The first kappa shape index (κ1) is 24.8. The fraction of sp³-hybridized carbons (Fsp3) is 0.360. The van der Waals surface area contributed by atoms with E-state index in [1.165, 1.54) is 4.90 Å². The maximum absolute atomic E-state index is 13.1. The third kappa shape index (κ3) is 5.39. The van der Waals surface area contributed by atoms with E-state index in [0.29, 0.717) is 34.6 Å². The number of benzene rings is 2. The number of carbonyl (C=O) groups is 2. The molecule has 1 atom stereocenters. The zero-order valence-corrected chi connectivity index (χ0v) is 21.0. The number of nitrogens with zero attached hydrogens (tertiary/aromatic N) is 2. The van der Waals surface area contributed by atoms with Crippen LogP contribution in [0.2, 0.25) is 0 Å². The summed E-state index contributed by atoms with van der Waals surface area (Å²) in [7, 11) is 5.35. The van der Waals surface area contributed by atoms with Crippen LogP contribution in [0.4, 0.5) is 0 Å². The molecule has 1 heterocycles. The number of hydrogen-bond acceptors (Lipinski definition) is 6. The molecule has 1 aliphatic rings. The van der Waals surface area contributed by atoms with E-state index >= 15 is 0 Å². The van der Waals surface area contributed by atoms with Crippen molar-refractivity contribution in [2.45, 2.75) is 26.0 Å². The van der Waals surface area contributed by atoms with Crippen LogP contribution in [0.25, 0.3) is 5.76 Å². The van der Waals surface area contributed by atoms with Gasteiger partial charge in [-0.3, -0.25) is 9.59 Å². The fourth-order valence-corrected chi connectivity index (χ4v) is 4.28. The van der Waals surface area contributed by atoms with Gasteiger partial charge in [0.05, 0.1) is 29.3 Å². The van der Waals surface area contributed by atoms with Crippen LogP contribution in [0.3, 0.4) is 0 Å². The van der Waals surface area contributed by atoms with E-state index in [4.69, 9.17) is 9.47 Å². The van der Waals surface area contributed by atoms with Crippen molar-refractivity contribution in [2.75, 3.05) is 34.3 Å². The number of methoxy groups -OCH3 is 1. The van der Waals surface area contributed by atoms with Crippen LogP contribution in [0, 0.1) is 0 Å². The van der Waals surface area contributed by atoms with Gasteiger partial charge in [-0.25, -0.2) is 0 Å². The Morgan fingerprint density at radius 3 is 2.36 bits per heavy atom. The zero-order chi connectivity index (χ0) is 24.3. The molecule has 2 aromatic rings. The van der Waals surface area contributed by atoms with Gasteiger partial charge in [-0.15, -0.1) is 0 Å². The molecule has 1 fully saturated rings. The summed E-state index contributed by atoms with van der Waals surface area (Å²) in [6, 6.07) is 11.6. The van der Waals surface area contributed by atoms with Gasteiger partial charge < -0.3 is 24.4 Å². The van der Waals surface area contributed by atoms with Gasteiger partial charge in [0.2, 0.25) is 0 Å². The molecule has 8 heteroatoms. The maximum atomic E-state index is 13.1. The van der Waals surface area contributed by atoms with Crippen molar-refractivity contribution in [1.82, 2.24) is 9.80 Å². The first-order valence-corrected chi connectivity index (χ1v) is 11.5. The van der Waals surface area contributed by atoms with Crippen LogP contribution in [0.1, 0.15) is 31.0 Å². The molecule has 1 unspecified atom stereocenters. The number of aliphatic hydroxyl groups is 1. The Morgan fingerprint density at radius 2 is 1.82 bits per heavy atom. The summed E-state index contributed by atoms with van der Waals surface area (Å²) in [5.74, 6) is -0.269. The van der Waals surface area contributed by atoms with Crippen molar-refractivity contribution in [3.8, 4) is 11.5 Å². The standard InChI is InChI=1S/C25H29BrN2O5/c1-15(2)33-18-9-6-16(7-10-18)22-21(24(30)25(31)28(22)13-12-27(3)4)23(29)17-8-11-20(32-5)19(26)14-17/h6-11,14-15,22,29H,12-13H2,1-5H3/b23-21-. The molecule has 7 nitrogen and oxygen atoms in total. The Balaban J connectivity index is 2.11. The van der Waals surface area contributed by atoms with Gasteiger partial charge >= 0.3 is 0 Å². The predicted molar refractivity (Wildman–Crippen MR) is 130 cm³/mol. The molecule has 1 aliphatic heterocycles. The molecule has 33 heavy (non-hydrogen) atoms. The highest BCUT2D eigenvalue weighted by molar-refractivity contribution is 9.10. The largest absolute Gasteiger partial charge is 0.507 e. The molecule has 3 rings (SSSR count). The smallest absolute Gasteiger partial charge is 0.295 e. The van der Waals surface area contributed by atoms with Crippen LogP contribution in [-0.4, -0.2) is 67.0 Å². The van der Waals surface area contributed by atoms with Crippen molar-refractivity contribution in [3.05, 3.63) is 63.6 Å². The monoisotopic (exact) mass is 516 g/mol. The van der Waals surface area contributed by atoms with Gasteiger partial charge in [0.15, 0.2) is 0 Å². The van der Waals surface area contributed by atoms with Gasteiger partial charge in [0.25, 0.3) is 11.7 Å². The second kappa shape index (κ2) is 10.4. The first-order valence-electron chi connectivity index (χ1n) is 10.7. The number of halogens is 1. The van der Waals surface area contributed by atoms with E-state index in [2.05, 4.69) is 15.9 Å². The lowest BCUT2D eigenvalue weighted by atomic mass is 9.95. The summed E-state index contributed by atoms with van der Waals surface area (Å²) < 4.78 is 11.6. The number of carbonyl (C=O) groups excluding carboxylic acids is 2.